The molecule has 6 nitrogen and oxygen atoms in total. The number of thioether (sulfide) groups is 1. The smallest absolute Gasteiger partial charge is 0.314 e. The number of carbonyl (C=O) groups is 2. The third-order valence-corrected chi connectivity index (χ3v) is 8.81. The van der Waals surface area contributed by atoms with Gasteiger partial charge in [0.1, 0.15) is 23.0 Å². The SMILES string of the molecule is C=CCSCCOc1ccc(-c2ccc(OC(=O)[C@H]3CC[C@H](C(=O)Oc4ccc(-c5ccc(OC)cc5)cc4)CC3)cc2)cc1. The monoisotopic (exact) mass is 622 g/mol. The Kier molecular flexibility index (Phi) is 11.4. The summed E-state index contributed by atoms with van der Waals surface area (Å²) < 4.78 is 22.4. The van der Waals surface area contributed by atoms with Gasteiger partial charge in [-0.15, -0.1) is 6.58 Å². The van der Waals surface area contributed by atoms with E-state index in [-0.39, 0.29) is 23.8 Å². The lowest BCUT2D eigenvalue weighted by Crippen LogP contribution is -2.30. The van der Waals surface area contributed by atoms with Crippen molar-refractivity contribution in [3.8, 4) is 45.3 Å². The number of hydrogen-bond donors (Lipinski definition) is 0. The van der Waals surface area contributed by atoms with Crippen LogP contribution in [0.25, 0.3) is 22.3 Å². The topological polar surface area (TPSA) is 71.1 Å². The fraction of sp³-hybridized carbons (Fsp3) is 0.263. The number of benzene rings is 4. The first-order chi connectivity index (χ1) is 22.0. The molecule has 0 N–H and O–H groups in total. The van der Waals surface area contributed by atoms with Crippen LogP contribution in [0.5, 0.6) is 23.0 Å². The van der Waals surface area contributed by atoms with E-state index >= 15 is 0 Å². The number of methoxy groups -OCH3 is 1. The molecular formula is C38H38O6S. The van der Waals surface area contributed by atoms with Crippen LogP contribution in [0.1, 0.15) is 25.7 Å². The van der Waals surface area contributed by atoms with Crippen molar-refractivity contribution in [3.05, 3.63) is 110 Å². The molecule has 7 heteroatoms. The van der Waals surface area contributed by atoms with Gasteiger partial charge in [0.05, 0.1) is 25.6 Å². The van der Waals surface area contributed by atoms with Crippen LogP contribution in [-0.4, -0.2) is 37.2 Å². The fourth-order valence-corrected chi connectivity index (χ4v) is 5.84. The Hall–Kier alpha value is -4.49. The fourth-order valence-electron chi connectivity index (χ4n) is 5.31. The summed E-state index contributed by atoms with van der Waals surface area (Å²) in [6.45, 7) is 4.38. The highest BCUT2D eigenvalue weighted by Crippen LogP contribution is 2.32. The maximum Gasteiger partial charge on any atom is 0.314 e. The zero-order valence-corrected chi connectivity index (χ0v) is 26.3. The highest BCUT2D eigenvalue weighted by molar-refractivity contribution is 7.99. The minimum atomic E-state index is -0.253. The summed E-state index contributed by atoms with van der Waals surface area (Å²) in [7, 11) is 1.64. The summed E-state index contributed by atoms with van der Waals surface area (Å²) >= 11 is 1.79. The summed E-state index contributed by atoms with van der Waals surface area (Å²) in [5.41, 5.74) is 4.16. The standard InChI is InChI=1S/C38H38O6S/c1-3-25-45-26-24-42-34-18-10-28(11-19-34)30-14-22-36(23-15-30)44-38(40)32-6-4-31(5-7-32)37(39)43-35-20-12-29(13-21-35)27-8-16-33(41-2)17-9-27/h3,8-23,31-32H,1,4-7,24-26H2,2H3/t31-,32-. The van der Waals surface area contributed by atoms with E-state index in [1.807, 2.05) is 103 Å². The molecule has 232 valence electrons. The van der Waals surface area contributed by atoms with E-state index in [1.54, 1.807) is 18.9 Å². The van der Waals surface area contributed by atoms with Gasteiger partial charge in [0.25, 0.3) is 0 Å². The number of carbonyl (C=O) groups excluding carboxylic acids is 2. The van der Waals surface area contributed by atoms with Crippen LogP contribution in [0.4, 0.5) is 0 Å². The van der Waals surface area contributed by atoms with Gasteiger partial charge in [-0.1, -0.05) is 54.6 Å². The zero-order valence-electron chi connectivity index (χ0n) is 25.5. The molecule has 0 amide bonds. The Labute approximate surface area is 269 Å². The molecule has 0 heterocycles. The quantitative estimate of drug-likeness (QED) is 0.0640. The van der Waals surface area contributed by atoms with Gasteiger partial charge in [-0.05, 0) is 96.5 Å². The molecule has 1 aliphatic carbocycles. The molecule has 1 fully saturated rings. The van der Waals surface area contributed by atoms with E-state index < -0.39 is 0 Å². The van der Waals surface area contributed by atoms with E-state index in [9.17, 15) is 9.59 Å². The maximum absolute atomic E-state index is 12.9. The van der Waals surface area contributed by atoms with Crippen molar-refractivity contribution in [2.75, 3.05) is 25.2 Å². The molecule has 5 rings (SSSR count). The van der Waals surface area contributed by atoms with Gasteiger partial charge in [0.2, 0.25) is 0 Å². The van der Waals surface area contributed by atoms with E-state index in [4.69, 9.17) is 18.9 Å². The predicted molar refractivity (Wildman–Crippen MR) is 180 cm³/mol. The van der Waals surface area contributed by atoms with Crippen LogP contribution >= 0.6 is 11.8 Å². The van der Waals surface area contributed by atoms with Crippen LogP contribution < -0.4 is 18.9 Å². The Morgan fingerprint density at radius 1 is 0.644 bits per heavy atom. The van der Waals surface area contributed by atoms with Gasteiger partial charge in [0, 0.05) is 11.5 Å². The second-order valence-electron chi connectivity index (χ2n) is 10.9. The first-order valence-electron chi connectivity index (χ1n) is 15.2. The Bertz CT molecular complexity index is 1540. The van der Waals surface area contributed by atoms with Crippen LogP contribution in [0.3, 0.4) is 0 Å². The summed E-state index contributed by atoms with van der Waals surface area (Å²) in [6.07, 6.45) is 4.26. The average molecular weight is 623 g/mol. The second kappa shape index (κ2) is 16.0. The number of ether oxygens (including phenoxy) is 4. The first-order valence-corrected chi connectivity index (χ1v) is 16.4. The predicted octanol–water partition coefficient (Wildman–Crippen LogP) is 8.64. The first kappa shape index (κ1) is 31.9. The van der Waals surface area contributed by atoms with Crippen molar-refractivity contribution in [1.29, 1.82) is 0 Å². The minimum Gasteiger partial charge on any atom is -0.497 e. The van der Waals surface area contributed by atoms with Crippen LogP contribution in [0, 0.1) is 11.8 Å². The number of hydrogen-bond acceptors (Lipinski definition) is 7. The van der Waals surface area contributed by atoms with Crippen molar-refractivity contribution in [1.82, 2.24) is 0 Å². The van der Waals surface area contributed by atoms with E-state index in [1.165, 1.54) is 0 Å². The van der Waals surface area contributed by atoms with E-state index in [2.05, 4.69) is 6.58 Å². The molecule has 0 aliphatic heterocycles. The highest BCUT2D eigenvalue weighted by Gasteiger charge is 2.32. The Morgan fingerprint density at radius 3 is 1.40 bits per heavy atom. The lowest BCUT2D eigenvalue weighted by atomic mass is 9.82. The molecule has 0 atom stereocenters. The highest BCUT2D eigenvalue weighted by atomic mass is 32.2. The van der Waals surface area contributed by atoms with Crippen molar-refractivity contribution in [3.63, 3.8) is 0 Å². The molecule has 0 unspecified atom stereocenters. The van der Waals surface area contributed by atoms with Gasteiger partial charge in [0.15, 0.2) is 0 Å². The average Bonchev–Trinajstić information content (AvgIpc) is 3.09. The number of rotatable bonds is 13. The van der Waals surface area contributed by atoms with Gasteiger partial charge >= 0.3 is 11.9 Å². The molecule has 45 heavy (non-hydrogen) atoms. The molecule has 0 aromatic heterocycles. The minimum absolute atomic E-state index is 0.234. The van der Waals surface area contributed by atoms with Gasteiger partial charge < -0.3 is 18.9 Å². The van der Waals surface area contributed by atoms with Crippen molar-refractivity contribution in [2.24, 2.45) is 11.8 Å². The largest absolute Gasteiger partial charge is 0.497 e. The van der Waals surface area contributed by atoms with Crippen LogP contribution in [-0.2, 0) is 9.59 Å². The maximum atomic E-state index is 12.9. The molecule has 1 aliphatic rings. The molecule has 0 radical (unpaired) electrons. The summed E-state index contributed by atoms with van der Waals surface area (Å²) in [4.78, 5) is 25.7. The summed E-state index contributed by atoms with van der Waals surface area (Å²) in [5, 5.41) is 0. The molecule has 0 bridgehead atoms. The Morgan fingerprint density at radius 2 is 1.02 bits per heavy atom. The van der Waals surface area contributed by atoms with E-state index in [0.29, 0.717) is 43.8 Å². The summed E-state index contributed by atoms with van der Waals surface area (Å²) in [5.74, 6) is 3.54. The molecule has 0 saturated heterocycles. The zero-order chi connectivity index (χ0) is 31.4. The molecule has 4 aromatic rings. The van der Waals surface area contributed by atoms with Gasteiger partial charge in [-0.25, -0.2) is 0 Å². The lowest BCUT2D eigenvalue weighted by molar-refractivity contribution is -0.145. The number of esters is 2. The third-order valence-electron chi connectivity index (χ3n) is 7.88. The van der Waals surface area contributed by atoms with Crippen molar-refractivity contribution >= 4 is 23.7 Å². The van der Waals surface area contributed by atoms with Crippen molar-refractivity contribution < 1.29 is 28.5 Å². The normalized spacial score (nSPS) is 15.9. The summed E-state index contributed by atoms with van der Waals surface area (Å²) in [6, 6.07) is 30.8. The van der Waals surface area contributed by atoms with Crippen LogP contribution in [0.2, 0.25) is 0 Å². The molecule has 4 aromatic carbocycles. The molecule has 1 saturated carbocycles. The third kappa shape index (κ3) is 9.02. The molecule has 0 spiro atoms. The Balaban J connectivity index is 1.05. The van der Waals surface area contributed by atoms with Crippen molar-refractivity contribution in [2.45, 2.75) is 25.7 Å². The molecular weight excluding hydrogens is 584 g/mol. The lowest BCUT2D eigenvalue weighted by Gasteiger charge is -2.25. The second-order valence-corrected chi connectivity index (χ2v) is 12.1. The van der Waals surface area contributed by atoms with Gasteiger partial charge in [-0.3, -0.25) is 9.59 Å². The van der Waals surface area contributed by atoms with Crippen LogP contribution in [0.15, 0.2) is 110 Å². The van der Waals surface area contributed by atoms with E-state index in [0.717, 1.165) is 45.3 Å². The van der Waals surface area contributed by atoms with Gasteiger partial charge in [-0.2, -0.15) is 11.8 Å².